The molecule has 3 aliphatic carbocycles. The molecule has 35 heavy (non-hydrogen) atoms. The molecular formula is C29H37NO4S. The van der Waals surface area contributed by atoms with Crippen molar-refractivity contribution in [3.63, 3.8) is 0 Å². The van der Waals surface area contributed by atoms with E-state index in [0.717, 1.165) is 43.0 Å². The van der Waals surface area contributed by atoms with E-state index in [1.54, 1.807) is 18.4 Å². The standard InChI is InChI=1S/C29H37NO4S/c1-4-29(33-3)26-28-11-12-30(16-17-7-8-17)20(14-18-9-10-21(31)24(34-26)23(18)28)19(28)15-27(29,2)25(32)22-6-5-13-35-22/h5-6,9-10,13,17,19-20,25-26,31-32H,4,7-8,11-12,14-16H2,1-3H3/t19?,20-,25-,26-,27-,28+,29+/m1/s1. The van der Waals surface area contributed by atoms with E-state index in [-0.39, 0.29) is 17.3 Å². The molecule has 1 aromatic carbocycles. The minimum Gasteiger partial charge on any atom is -0.504 e. The number of phenols is 1. The number of methoxy groups -OCH3 is 1. The lowest BCUT2D eigenvalue weighted by molar-refractivity contribution is -0.264. The van der Waals surface area contributed by atoms with Gasteiger partial charge in [-0.1, -0.05) is 26.0 Å². The highest BCUT2D eigenvalue weighted by atomic mass is 32.1. The molecule has 1 saturated heterocycles. The smallest absolute Gasteiger partial charge is 0.165 e. The summed E-state index contributed by atoms with van der Waals surface area (Å²) in [6.07, 6.45) is 5.47. The van der Waals surface area contributed by atoms with Crippen LogP contribution in [0.25, 0.3) is 0 Å². The Morgan fingerprint density at radius 2 is 2.11 bits per heavy atom. The molecule has 2 bridgehead atoms. The zero-order valence-electron chi connectivity index (χ0n) is 21.0. The molecule has 3 heterocycles. The lowest BCUT2D eigenvalue weighted by atomic mass is 9.42. The van der Waals surface area contributed by atoms with Gasteiger partial charge in [0.15, 0.2) is 11.5 Å². The number of piperidine rings is 1. The van der Waals surface area contributed by atoms with Crippen molar-refractivity contribution in [2.24, 2.45) is 17.3 Å². The van der Waals surface area contributed by atoms with Crippen LogP contribution in [0.1, 0.15) is 68.1 Å². The number of hydrogen-bond donors (Lipinski definition) is 2. The maximum Gasteiger partial charge on any atom is 0.165 e. The molecule has 0 radical (unpaired) electrons. The van der Waals surface area contributed by atoms with Crippen molar-refractivity contribution in [2.75, 3.05) is 20.2 Å². The molecule has 7 atom stereocenters. The summed E-state index contributed by atoms with van der Waals surface area (Å²) in [6, 6.07) is 8.47. The first-order chi connectivity index (χ1) is 16.9. The Morgan fingerprint density at radius 3 is 2.80 bits per heavy atom. The van der Waals surface area contributed by atoms with E-state index in [2.05, 4.69) is 30.9 Å². The number of nitrogens with zero attached hydrogens (tertiary/aromatic N) is 1. The lowest BCUT2D eigenvalue weighted by Gasteiger charge is -2.67. The average Bonchev–Trinajstić information content (AvgIpc) is 3.36. The number of rotatable bonds is 6. The highest BCUT2D eigenvalue weighted by molar-refractivity contribution is 7.10. The first-order valence-electron chi connectivity index (χ1n) is 13.4. The van der Waals surface area contributed by atoms with Crippen molar-refractivity contribution in [1.82, 2.24) is 4.90 Å². The van der Waals surface area contributed by atoms with Gasteiger partial charge in [-0.25, -0.2) is 0 Å². The van der Waals surface area contributed by atoms with Crippen LogP contribution in [-0.4, -0.2) is 53.1 Å². The third-order valence-corrected chi connectivity index (χ3v) is 11.7. The van der Waals surface area contributed by atoms with Crippen LogP contribution in [-0.2, 0) is 16.6 Å². The number of ether oxygens (including phenoxy) is 2. The number of thiophene rings is 1. The SMILES string of the molecule is CC[C@]1(OC)[C@@H]2Oc3c(O)ccc4c3[C@@]23CCN(CC2CC2)[C@H](C4)C3C[C@]1(C)[C@H](O)c1cccs1. The van der Waals surface area contributed by atoms with Crippen molar-refractivity contribution in [2.45, 2.75) is 81.6 Å². The van der Waals surface area contributed by atoms with E-state index < -0.39 is 17.1 Å². The van der Waals surface area contributed by atoms with Crippen LogP contribution in [0.5, 0.6) is 11.5 Å². The minimum atomic E-state index is -0.684. The molecule has 188 valence electrons. The van der Waals surface area contributed by atoms with Gasteiger partial charge in [-0.05, 0) is 80.0 Å². The topological polar surface area (TPSA) is 62.2 Å². The number of aromatic hydroxyl groups is 1. The minimum absolute atomic E-state index is 0.187. The second-order valence-electron chi connectivity index (χ2n) is 12.0. The Hall–Kier alpha value is -1.60. The normalized spacial score (nSPS) is 40.3. The van der Waals surface area contributed by atoms with E-state index in [9.17, 15) is 10.2 Å². The van der Waals surface area contributed by atoms with Crippen LogP contribution in [0.3, 0.4) is 0 Å². The second kappa shape index (κ2) is 7.47. The Balaban J connectivity index is 1.44. The maximum atomic E-state index is 12.0. The van der Waals surface area contributed by atoms with Crippen molar-refractivity contribution in [3.05, 3.63) is 45.6 Å². The molecule has 2 aromatic rings. The van der Waals surface area contributed by atoms with Crippen molar-refractivity contribution >= 4 is 11.3 Å². The summed E-state index contributed by atoms with van der Waals surface area (Å²) >= 11 is 1.62. The van der Waals surface area contributed by atoms with Crippen molar-refractivity contribution in [1.29, 1.82) is 0 Å². The Morgan fingerprint density at radius 1 is 1.29 bits per heavy atom. The van der Waals surface area contributed by atoms with Crippen LogP contribution >= 0.6 is 11.3 Å². The van der Waals surface area contributed by atoms with Crippen LogP contribution in [0.4, 0.5) is 0 Å². The van der Waals surface area contributed by atoms with Gasteiger partial charge >= 0.3 is 0 Å². The maximum absolute atomic E-state index is 12.0. The summed E-state index contributed by atoms with van der Waals surface area (Å²) in [5.41, 5.74) is 1.18. The summed E-state index contributed by atoms with van der Waals surface area (Å²) in [5, 5.41) is 25.0. The summed E-state index contributed by atoms with van der Waals surface area (Å²) in [4.78, 5) is 3.76. The van der Waals surface area contributed by atoms with Gasteiger partial charge in [0.1, 0.15) is 11.7 Å². The predicted molar refractivity (Wildman–Crippen MR) is 136 cm³/mol. The van der Waals surface area contributed by atoms with Gasteiger partial charge in [0, 0.05) is 41.0 Å². The molecule has 1 spiro atoms. The fraction of sp³-hybridized carbons (Fsp3) is 0.655. The molecule has 2 aliphatic heterocycles. The van der Waals surface area contributed by atoms with E-state index >= 15 is 0 Å². The molecule has 7 rings (SSSR count). The van der Waals surface area contributed by atoms with Gasteiger partial charge in [-0.3, -0.25) is 4.90 Å². The van der Waals surface area contributed by atoms with Crippen molar-refractivity contribution < 1.29 is 19.7 Å². The molecule has 3 fully saturated rings. The number of benzene rings is 1. The molecule has 5 nitrogen and oxygen atoms in total. The second-order valence-corrected chi connectivity index (χ2v) is 13.0. The van der Waals surface area contributed by atoms with Gasteiger partial charge in [-0.2, -0.15) is 0 Å². The first-order valence-corrected chi connectivity index (χ1v) is 14.3. The number of likely N-dealkylation sites (tertiary alicyclic amines) is 1. The van der Waals surface area contributed by atoms with Crippen LogP contribution in [0.15, 0.2) is 29.6 Å². The lowest BCUT2D eigenvalue weighted by Crippen LogP contribution is -2.76. The van der Waals surface area contributed by atoms with Crippen LogP contribution in [0, 0.1) is 17.3 Å². The van der Waals surface area contributed by atoms with Gasteiger partial charge in [0.2, 0.25) is 0 Å². The molecule has 1 aromatic heterocycles. The van der Waals surface area contributed by atoms with Gasteiger partial charge in [-0.15, -0.1) is 11.3 Å². The number of aliphatic hydroxyl groups excluding tert-OH is 1. The zero-order chi connectivity index (χ0) is 24.2. The molecule has 5 aliphatic rings. The third kappa shape index (κ3) is 2.70. The van der Waals surface area contributed by atoms with E-state index in [4.69, 9.17) is 9.47 Å². The molecule has 1 unspecified atom stereocenters. The van der Waals surface area contributed by atoms with E-state index in [1.165, 1.54) is 30.5 Å². The summed E-state index contributed by atoms with van der Waals surface area (Å²) in [6.45, 7) is 6.67. The molecule has 2 N–H and O–H groups in total. The third-order valence-electron chi connectivity index (χ3n) is 10.8. The van der Waals surface area contributed by atoms with Gasteiger partial charge < -0.3 is 19.7 Å². The molecule has 2 saturated carbocycles. The fourth-order valence-electron chi connectivity index (χ4n) is 8.97. The van der Waals surface area contributed by atoms with E-state index in [0.29, 0.717) is 17.7 Å². The number of hydrogen-bond acceptors (Lipinski definition) is 6. The first kappa shape index (κ1) is 22.6. The van der Waals surface area contributed by atoms with Gasteiger partial charge in [0.25, 0.3) is 0 Å². The highest BCUT2D eigenvalue weighted by Gasteiger charge is 2.76. The average molecular weight is 496 g/mol. The quantitative estimate of drug-likeness (QED) is 0.587. The summed E-state index contributed by atoms with van der Waals surface area (Å²) in [7, 11) is 1.80. The number of phenolic OH excluding ortho intramolecular Hbond substituents is 1. The van der Waals surface area contributed by atoms with Gasteiger partial charge in [0.05, 0.1) is 6.10 Å². The molecule has 6 heteroatoms. The van der Waals surface area contributed by atoms with Crippen LogP contribution < -0.4 is 4.74 Å². The Labute approximate surface area is 212 Å². The predicted octanol–water partition coefficient (Wildman–Crippen LogP) is 5.05. The highest BCUT2D eigenvalue weighted by Crippen LogP contribution is 2.71. The van der Waals surface area contributed by atoms with E-state index in [1.807, 2.05) is 17.5 Å². The van der Waals surface area contributed by atoms with Crippen molar-refractivity contribution in [3.8, 4) is 11.5 Å². The Kier molecular flexibility index (Phi) is 4.82. The van der Waals surface area contributed by atoms with Crippen LogP contribution in [0.2, 0.25) is 0 Å². The number of aliphatic hydroxyl groups is 1. The zero-order valence-corrected chi connectivity index (χ0v) is 21.8. The monoisotopic (exact) mass is 495 g/mol. The molecular weight excluding hydrogens is 458 g/mol. The Bertz CT molecular complexity index is 1140. The fourth-order valence-corrected chi connectivity index (χ4v) is 9.83. The largest absolute Gasteiger partial charge is 0.504 e. The molecule has 0 amide bonds. The summed E-state index contributed by atoms with van der Waals surface area (Å²) in [5.74, 6) is 2.12. The summed E-state index contributed by atoms with van der Waals surface area (Å²) < 4.78 is 13.5.